The van der Waals surface area contributed by atoms with Crippen molar-refractivity contribution in [1.29, 1.82) is 0 Å². The summed E-state index contributed by atoms with van der Waals surface area (Å²) in [5.41, 5.74) is 0. The lowest BCUT2D eigenvalue weighted by Gasteiger charge is -2.22. The topological polar surface area (TPSA) is 124 Å². The molecule has 8 heteroatoms. The number of hydrogen-bond donors (Lipinski definition) is 4. The highest BCUT2D eigenvalue weighted by Crippen LogP contribution is 2.14. The summed E-state index contributed by atoms with van der Waals surface area (Å²) in [6.07, 6.45) is 33.8. The molecule has 3 unspecified atom stereocenters. The fraction of sp³-hybridized carbons (Fsp3) is 0.861. The molecule has 7 nitrogen and oxygen atoms in total. The van der Waals surface area contributed by atoms with Crippen molar-refractivity contribution in [3.8, 4) is 0 Å². The monoisotopic (exact) mass is 643 g/mol. The van der Waals surface area contributed by atoms with Crippen LogP contribution in [0.1, 0.15) is 174 Å². The van der Waals surface area contributed by atoms with Crippen molar-refractivity contribution in [2.24, 2.45) is 0 Å². The van der Waals surface area contributed by atoms with Gasteiger partial charge in [-0.1, -0.05) is 167 Å². The lowest BCUT2D eigenvalue weighted by Crippen LogP contribution is -2.50. The minimum atomic E-state index is -4.44. The van der Waals surface area contributed by atoms with Gasteiger partial charge in [-0.15, -0.1) is 0 Å². The summed E-state index contributed by atoms with van der Waals surface area (Å²) in [6.45, 7) is 4.47. The molecular weight excluding hydrogens is 574 g/mol. The van der Waals surface area contributed by atoms with Gasteiger partial charge in [-0.05, 0) is 32.1 Å². The van der Waals surface area contributed by atoms with E-state index in [0.717, 1.165) is 32.1 Å². The van der Waals surface area contributed by atoms with Crippen LogP contribution in [0.25, 0.3) is 0 Å². The molecule has 0 saturated carbocycles. The second-order valence-electron chi connectivity index (χ2n) is 12.6. The number of aliphatic hydroxyl groups excluding tert-OH is 2. The average molecular weight is 644 g/mol. The van der Waals surface area contributed by atoms with Crippen LogP contribution >= 0.6 is 0 Å². The van der Waals surface area contributed by atoms with E-state index < -0.39 is 40.0 Å². The van der Waals surface area contributed by atoms with E-state index in [1.165, 1.54) is 115 Å². The molecule has 0 spiro atoms. The van der Waals surface area contributed by atoms with Crippen LogP contribution in [-0.2, 0) is 14.9 Å². The molecule has 0 aliphatic heterocycles. The Hall–Kier alpha value is -1.22. The Bertz CT molecular complexity index is 813. The highest BCUT2D eigenvalue weighted by molar-refractivity contribution is 7.85. The zero-order valence-electron chi connectivity index (χ0n) is 28.4. The summed E-state index contributed by atoms with van der Waals surface area (Å²) >= 11 is 0. The first kappa shape index (κ1) is 42.8. The summed E-state index contributed by atoms with van der Waals surface area (Å²) in [6, 6.07) is -1.24. The Morgan fingerprint density at radius 1 is 0.614 bits per heavy atom. The second-order valence-corrected chi connectivity index (χ2v) is 14.1. The molecule has 44 heavy (non-hydrogen) atoms. The third-order valence-corrected chi connectivity index (χ3v) is 9.02. The van der Waals surface area contributed by atoms with E-state index in [4.69, 9.17) is 0 Å². The van der Waals surface area contributed by atoms with Gasteiger partial charge in [0.2, 0.25) is 5.91 Å². The Labute approximate surface area is 271 Å². The summed E-state index contributed by atoms with van der Waals surface area (Å²) in [5, 5.41) is 23.2. The first-order valence-corrected chi connectivity index (χ1v) is 19.8. The third kappa shape index (κ3) is 29.5. The van der Waals surface area contributed by atoms with Crippen molar-refractivity contribution in [2.75, 3.05) is 5.75 Å². The first-order valence-electron chi connectivity index (χ1n) is 18.1. The molecule has 0 aromatic heterocycles. The molecule has 0 aliphatic carbocycles. The molecule has 0 aromatic rings. The minimum absolute atomic E-state index is 0.277. The number of hydrogen-bond acceptors (Lipinski definition) is 5. The number of allylic oxidation sites excluding steroid dienone is 3. The van der Waals surface area contributed by atoms with Crippen molar-refractivity contribution < 1.29 is 28.0 Å². The molecule has 0 fully saturated rings. The van der Waals surface area contributed by atoms with E-state index >= 15 is 0 Å². The lowest BCUT2D eigenvalue weighted by molar-refractivity contribution is -0.130. The minimum Gasteiger partial charge on any atom is -0.387 e. The molecular formula is C36H69NO6S. The van der Waals surface area contributed by atoms with Crippen LogP contribution in [-0.4, -0.2) is 53.1 Å². The second kappa shape index (κ2) is 30.4. The molecule has 260 valence electrons. The van der Waals surface area contributed by atoms with Gasteiger partial charge in [0.15, 0.2) is 0 Å². The molecule has 4 N–H and O–H groups in total. The number of nitrogens with one attached hydrogen (secondary N) is 1. The first-order chi connectivity index (χ1) is 21.2. The van der Waals surface area contributed by atoms with Crippen LogP contribution in [0.4, 0.5) is 0 Å². The van der Waals surface area contributed by atoms with Gasteiger partial charge >= 0.3 is 0 Å². The Balaban J connectivity index is 4.18. The predicted octanol–water partition coefficient (Wildman–Crippen LogP) is 8.99. The highest BCUT2D eigenvalue weighted by Gasteiger charge is 2.27. The van der Waals surface area contributed by atoms with Crippen LogP contribution < -0.4 is 5.32 Å². The van der Waals surface area contributed by atoms with E-state index in [9.17, 15) is 28.0 Å². The number of unbranched alkanes of at least 4 members (excludes halogenated alkanes) is 21. The molecule has 0 aliphatic rings. The largest absolute Gasteiger partial charge is 0.387 e. The van der Waals surface area contributed by atoms with Gasteiger partial charge in [0.25, 0.3) is 10.1 Å². The van der Waals surface area contributed by atoms with Crippen LogP contribution in [0.5, 0.6) is 0 Å². The van der Waals surface area contributed by atoms with Gasteiger partial charge in [-0.25, -0.2) is 0 Å². The van der Waals surface area contributed by atoms with E-state index in [1.54, 1.807) is 6.08 Å². The maximum absolute atomic E-state index is 12.5. The van der Waals surface area contributed by atoms with E-state index in [2.05, 4.69) is 31.3 Å². The standard InChI is InChI=1S/C36H69NO6S/c1-3-5-7-9-11-13-15-17-18-19-21-22-24-26-28-30-34(38)33(32-44(41,42)43)37-36(40)35(39)31-29-27-25-23-20-16-14-12-10-8-6-4-2/h21-22,28,30,33-35,38-39H,3-20,23-27,29,31-32H2,1-2H3,(H,37,40)(H,41,42,43)/b22-21+,30-28+. The molecule has 1 amide bonds. The van der Waals surface area contributed by atoms with Crippen LogP contribution in [0.2, 0.25) is 0 Å². The zero-order valence-corrected chi connectivity index (χ0v) is 29.2. The van der Waals surface area contributed by atoms with Gasteiger partial charge in [0.1, 0.15) is 6.10 Å². The molecule has 0 saturated heterocycles. The van der Waals surface area contributed by atoms with E-state index in [-0.39, 0.29) is 6.42 Å². The number of amides is 1. The van der Waals surface area contributed by atoms with E-state index in [0.29, 0.717) is 12.8 Å². The molecule has 0 aromatic carbocycles. The van der Waals surface area contributed by atoms with Crippen molar-refractivity contribution in [2.45, 2.75) is 193 Å². The smallest absolute Gasteiger partial charge is 0.267 e. The summed E-state index contributed by atoms with van der Waals surface area (Å²) in [5.74, 6) is -1.55. The summed E-state index contributed by atoms with van der Waals surface area (Å²) in [7, 11) is -4.44. The Morgan fingerprint density at radius 2 is 1.02 bits per heavy atom. The number of carbonyl (C=O) groups excluding carboxylic acids is 1. The van der Waals surface area contributed by atoms with Crippen molar-refractivity contribution in [1.82, 2.24) is 5.32 Å². The van der Waals surface area contributed by atoms with Gasteiger partial charge < -0.3 is 15.5 Å². The van der Waals surface area contributed by atoms with Gasteiger partial charge in [-0.2, -0.15) is 8.42 Å². The van der Waals surface area contributed by atoms with Crippen LogP contribution in [0.15, 0.2) is 24.3 Å². The molecule has 0 bridgehead atoms. The Kier molecular flexibility index (Phi) is 29.6. The molecule has 0 heterocycles. The normalized spacial score (nSPS) is 14.4. The van der Waals surface area contributed by atoms with Gasteiger partial charge in [-0.3, -0.25) is 9.35 Å². The third-order valence-electron chi connectivity index (χ3n) is 8.24. The summed E-state index contributed by atoms with van der Waals surface area (Å²) in [4.78, 5) is 12.5. The number of rotatable bonds is 32. The number of carbonyl (C=O) groups is 1. The summed E-state index contributed by atoms with van der Waals surface area (Å²) < 4.78 is 32.3. The SMILES string of the molecule is CCCCCCCCCCC/C=C/CC/C=C/C(O)C(CS(=O)(=O)O)NC(=O)C(O)CCCCCCCCCCCCCC. The zero-order chi connectivity index (χ0) is 32.7. The maximum Gasteiger partial charge on any atom is 0.267 e. The average Bonchev–Trinajstić information content (AvgIpc) is 2.98. The molecule has 0 rings (SSSR count). The molecule has 3 atom stereocenters. The predicted molar refractivity (Wildman–Crippen MR) is 185 cm³/mol. The van der Waals surface area contributed by atoms with E-state index in [1.807, 2.05) is 0 Å². The highest BCUT2D eigenvalue weighted by atomic mass is 32.2. The van der Waals surface area contributed by atoms with Crippen LogP contribution in [0.3, 0.4) is 0 Å². The maximum atomic E-state index is 12.5. The quantitative estimate of drug-likeness (QED) is 0.0329. The fourth-order valence-corrected chi connectivity index (χ4v) is 6.15. The number of aliphatic hydroxyl groups is 2. The van der Waals surface area contributed by atoms with Crippen molar-refractivity contribution >= 4 is 16.0 Å². The van der Waals surface area contributed by atoms with Crippen LogP contribution in [0, 0.1) is 0 Å². The van der Waals surface area contributed by atoms with Gasteiger partial charge in [0, 0.05) is 0 Å². The van der Waals surface area contributed by atoms with Crippen molar-refractivity contribution in [3.05, 3.63) is 24.3 Å². The van der Waals surface area contributed by atoms with Crippen molar-refractivity contribution in [3.63, 3.8) is 0 Å². The Morgan fingerprint density at radius 3 is 1.50 bits per heavy atom. The molecule has 0 radical (unpaired) electrons. The lowest BCUT2D eigenvalue weighted by atomic mass is 10.0. The van der Waals surface area contributed by atoms with Gasteiger partial charge in [0.05, 0.1) is 17.9 Å². The fourth-order valence-electron chi connectivity index (χ4n) is 5.41.